The average Bonchev–Trinajstić information content (AvgIpc) is 2.80. The van der Waals surface area contributed by atoms with Crippen molar-refractivity contribution in [1.82, 2.24) is 5.32 Å². The smallest absolute Gasteiger partial charge is 0.220 e. The number of aliphatic hydroxyl groups is 11. The van der Waals surface area contributed by atoms with Crippen molar-refractivity contribution < 1.29 is 89.4 Å². The minimum atomic E-state index is -1.98. The van der Waals surface area contributed by atoms with Gasteiger partial charge >= 0.3 is 0 Å². The minimum Gasteiger partial charge on any atom is -0.394 e. The average molecular weight is 1200 g/mol. The van der Waals surface area contributed by atoms with Gasteiger partial charge in [0.1, 0.15) is 73.2 Å². The lowest BCUT2D eigenvalue weighted by atomic mass is 9.96. The van der Waals surface area contributed by atoms with Crippen LogP contribution in [0.5, 0.6) is 0 Å². The molecule has 1 amide bonds. The zero-order chi connectivity index (χ0) is 61.2. The van der Waals surface area contributed by atoms with E-state index in [0.29, 0.717) is 12.8 Å². The molecule has 12 N–H and O–H groups in total. The molecule has 0 aromatic rings. The predicted molar refractivity (Wildman–Crippen MR) is 323 cm³/mol. The van der Waals surface area contributed by atoms with Gasteiger partial charge in [0.2, 0.25) is 5.91 Å². The second-order valence-corrected chi connectivity index (χ2v) is 23.6. The number of allylic oxidation sites excluding steroid dienone is 7. The van der Waals surface area contributed by atoms with E-state index >= 15 is 0 Å². The largest absolute Gasteiger partial charge is 0.394 e. The summed E-state index contributed by atoms with van der Waals surface area (Å²) in [5.41, 5.74) is 0. The maximum absolute atomic E-state index is 13.3. The topological polar surface area (TPSA) is 307 Å². The molecule has 0 spiro atoms. The van der Waals surface area contributed by atoms with Crippen LogP contribution in [0.1, 0.15) is 226 Å². The van der Waals surface area contributed by atoms with Crippen LogP contribution in [-0.2, 0) is 33.2 Å². The zero-order valence-corrected chi connectivity index (χ0v) is 51.4. The third-order valence-corrected chi connectivity index (χ3v) is 16.3. The van der Waals surface area contributed by atoms with Gasteiger partial charge < -0.3 is 89.9 Å². The Balaban J connectivity index is 1.47. The molecule has 17 atom stereocenters. The molecule has 0 saturated carbocycles. The van der Waals surface area contributed by atoms with Gasteiger partial charge in [-0.1, -0.05) is 210 Å². The lowest BCUT2D eigenvalue weighted by Gasteiger charge is -2.48. The van der Waals surface area contributed by atoms with Crippen molar-refractivity contribution in [3.63, 3.8) is 0 Å². The van der Waals surface area contributed by atoms with Crippen LogP contribution in [-0.4, -0.2) is 193 Å². The lowest BCUT2D eigenvalue weighted by molar-refractivity contribution is -0.379. The van der Waals surface area contributed by atoms with E-state index in [4.69, 9.17) is 28.4 Å². The summed E-state index contributed by atoms with van der Waals surface area (Å²) in [5.74, 6) is -0.300. The van der Waals surface area contributed by atoms with Crippen molar-refractivity contribution in [3.8, 4) is 0 Å². The summed E-state index contributed by atoms with van der Waals surface area (Å²) < 4.78 is 34.3. The summed E-state index contributed by atoms with van der Waals surface area (Å²) in [6.07, 6.45) is 28.2. The van der Waals surface area contributed by atoms with E-state index in [9.17, 15) is 61.0 Å². The molecule has 19 nitrogen and oxygen atoms in total. The molecule has 84 heavy (non-hydrogen) atoms. The number of rotatable bonds is 49. The first-order valence-electron chi connectivity index (χ1n) is 32.9. The molecule has 3 rings (SSSR count). The zero-order valence-electron chi connectivity index (χ0n) is 51.4. The van der Waals surface area contributed by atoms with Crippen LogP contribution in [0.25, 0.3) is 0 Å². The third-order valence-electron chi connectivity index (χ3n) is 16.3. The molecule has 3 saturated heterocycles. The van der Waals surface area contributed by atoms with Crippen molar-refractivity contribution in [1.29, 1.82) is 0 Å². The number of nitrogens with one attached hydrogen (secondary N) is 1. The Labute approximate surface area is 503 Å². The van der Waals surface area contributed by atoms with Crippen LogP contribution in [0.15, 0.2) is 48.6 Å². The van der Waals surface area contributed by atoms with E-state index in [1.807, 2.05) is 6.08 Å². The standard InChI is InChI=1S/C65H117NO18/c1-3-5-7-9-11-13-15-17-19-20-21-22-23-24-25-26-27-28-29-30-32-34-36-38-40-42-49(70)48(66-53(71)43-41-39-37-35-33-31-18-16-14-12-10-8-6-4-2)47-79-63-59(77)56(74)61(51(45-68)81-63)84-65-60(78)57(75)62(52(46-69)82-65)83-64-58(76)55(73)54(72)50(44-67)80-64/h10,12,16,18,32,34,40,42,48-52,54-65,67-70,72-78H,3-9,11,13-15,17,19-31,33,35-39,41,43-47H2,1-2H3,(H,66,71)/b12-10-,18-16-,34-32+,42-40+. The van der Waals surface area contributed by atoms with Gasteiger partial charge in [-0.3, -0.25) is 4.79 Å². The lowest BCUT2D eigenvalue weighted by Crippen LogP contribution is -2.66. The van der Waals surface area contributed by atoms with Crippen molar-refractivity contribution in [3.05, 3.63) is 48.6 Å². The van der Waals surface area contributed by atoms with Gasteiger partial charge in [-0.05, 0) is 57.8 Å². The molecular formula is C65H117NO18. The Morgan fingerprint density at radius 2 is 0.810 bits per heavy atom. The van der Waals surface area contributed by atoms with Gasteiger partial charge in [-0.15, -0.1) is 0 Å². The number of ether oxygens (including phenoxy) is 6. The van der Waals surface area contributed by atoms with Gasteiger partial charge in [-0.25, -0.2) is 0 Å². The minimum absolute atomic E-state index is 0.218. The fraction of sp³-hybridized carbons (Fsp3) is 0.862. The Hall–Kier alpha value is -2.25. The molecule has 3 heterocycles. The molecule has 19 heteroatoms. The maximum atomic E-state index is 13.3. The highest BCUT2D eigenvalue weighted by atomic mass is 16.8. The molecule has 0 bridgehead atoms. The van der Waals surface area contributed by atoms with E-state index < -0.39 is 124 Å². The number of carbonyl (C=O) groups excluding carboxylic acids is 1. The number of amides is 1. The molecule has 3 aliphatic rings. The highest BCUT2D eigenvalue weighted by Crippen LogP contribution is 2.33. The third kappa shape index (κ3) is 30.3. The number of carbonyl (C=O) groups is 1. The van der Waals surface area contributed by atoms with Gasteiger partial charge in [0.15, 0.2) is 18.9 Å². The molecule has 490 valence electrons. The van der Waals surface area contributed by atoms with Crippen molar-refractivity contribution in [2.75, 3.05) is 26.4 Å². The molecule has 0 aromatic carbocycles. The Morgan fingerprint density at radius 1 is 0.429 bits per heavy atom. The second kappa shape index (κ2) is 47.7. The number of hydrogen-bond acceptors (Lipinski definition) is 18. The molecular weight excluding hydrogens is 1080 g/mol. The SMILES string of the molecule is CCCC/C=C\C/C=C\CCCCCCCC(=O)NC(COC1OC(CO)C(OC2OC(CO)C(OC3OC(CO)C(O)C(O)C3O)C(O)C2O)C(O)C1O)C(O)/C=C/CC/C=C/CCCCCCCCCCCCCCCCCCCCC. The molecule has 0 aromatic heterocycles. The summed E-state index contributed by atoms with van der Waals surface area (Å²) >= 11 is 0. The molecule has 0 aliphatic carbocycles. The van der Waals surface area contributed by atoms with Crippen molar-refractivity contribution in [2.45, 2.75) is 330 Å². The van der Waals surface area contributed by atoms with E-state index in [1.54, 1.807) is 6.08 Å². The highest BCUT2D eigenvalue weighted by molar-refractivity contribution is 5.76. The first-order chi connectivity index (χ1) is 40.8. The van der Waals surface area contributed by atoms with E-state index in [-0.39, 0.29) is 18.9 Å². The Morgan fingerprint density at radius 3 is 1.30 bits per heavy atom. The summed E-state index contributed by atoms with van der Waals surface area (Å²) in [4.78, 5) is 13.3. The van der Waals surface area contributed by atoms with Gasteiger partial charge in [-0.2, -0.15) is 0 Å². The summed E-state index contributed by atoms with van der Waals surface area (Å²) in [5, 5.41) is 120. The molecule has 0 radical (unpaired) electrons. The van der Waals surface area contributed by atoms with Crippen LogP contribution < -0.4 is 5.32 Å². The second-order valence-electron chi connectivity index (χ2n) is 23.6. The molecule has 17 unspecified atom stereocenters. The number of hydrogen-bond donors (Lipinski definition) is 12. The molecule has 3 aliphatic heterocycles. The highest BCUT2D eigenvalue weighted by Gasteiger charge is 2.53. The summed E-state index contributed by atoms with van der Waals surface area (Å²) in [6.45, 7) is 1.66. The van der Waals surface area contributed by atoms with Crippen LogP contribution in [0.4, 0.5) is 0 Å². The first kappa shape index (κ1) is 76.0. The van der Waals surface area contributed by atoms with Crippen LogP contribution in [0.2, 0.25) is 0 Å². The van der Waals surface area contributed by atoms with E-state index in [1.165, 1.54) is 128 Å². The normalized spacial score (nSPS) is 29.5. The predicted octanol–water partition coefficient (Wildman–Crippen LogP) is 7.43. The Kier molecular flexibility index (Phi) is 43.2. The van der Waals surface area contributed by atoms with E-state index in [0.717, 1.165) is 64.2 Å². The van der Waals surface area contributed by atoms with E-state index in [2.05, 4.69) is 55.6 Å². The monoisotopic (exact) mass is 1200 g/mol. The maximum Gasteiger partial charge on any atom is 0.220 e. The van der Waals surface area contributed by atoms with Crippen molar-refractivity contribution >= 4 is 5.91 Å². The van der Waals surface area contributed by atoms with Gasteiger partial charge in [0.25, 0.3) is 0 Å². The van der Waals surface area contributed by atoms with Crippen molar-refractivity contribution in [2.24, 2.45) is 0 Å². The van der Waals surface area contributed by atoms with Gasteiger partial charge in [0, 0.05) is 6.42 Å². The summed E-state index contributed by atoms with van der Waals surface area (Å²) in [6, 6.07) is -0.998. The fourth-order valence-corrected chi connectivity index (χ4v) is 10.9. The first-order valence-corrected chi connectivity index (χ1v) is 32.9. The quantitative estimate of drug-likeness (QED) is 0.0208. The Bertz CT molecular complexity index is 1720. The number of unbranched alkanes of at least 4 members (excludes halogenated alkanes) is 27. The van der Waals surface area contributed by atoms with Crippen LogP contribution in [0, 0.1) is 0 Å². The van der Waals surface area contributed by atoms with Gasteiger partial charge in [0.05, 0.1) is 38.6 Å². The molecule has 3 fully saturated rings. The number of aliphatic hydroxyl groups excluding tert-OH is 11. The summed E-state index contributed by atoms with van der Waals surface area (Å²) in [7, 11) is 0. The van der Waals surface area contributed by atoms with Crippen LogP contribution >= 0.6 is 0 Å². The fourth-order valence-electron chi connectivity index (χ4n) is 10.9. The van der Waals surface area contributed by atoms with Crippen LogP contribution in [0.3, 0.4) is 0 Å².